The van der Waals surface area contributed by atoms with Gasteiger partial charge in [-0.2, -0.15) is 5.10 Å². The molecule has 1 aromatic carbocycles. The number of fused-ring (bicyclic) bond motifs is 1. The van der Waals surface area contributed by atoms with Crippen LogP contribution in [0.15, 0.2) is 24.3 Å². The Kier molecular flexibility index (Phi) is 4.59. The number of benzene rings is 1. The van der Waals surface area contributed by atoms with Crippen molar-refractivity contribution in [1.29, 1.82) is 0 Å². The summed E-state index contributed by atoms with van der Waals surface area (Å²) in [5.41, 5.74) is 2.50. The number of hydrogen-bond acceptors (Lipinski definition) is 2. The summed E-state index contributed by atoms with van der Waals surface area (Å²) < 4.78 is 2.11. The van der Waals surface area contributed by atoms with Gasteiger partial charge in [0, 0.05) is 11.9 Å². The Morgan fingerprint density at radius 2 is 2.00 bits per heavy atom. The molecule has 0 aliphatic heterocycles. The molecule has 2 rings (SSSR count). The standard InChI is InChI=1S/C16H25N3/c1-5-19-16-9-7-6-8-14(16)15(18-19)10-13(11-17-4)12(2)3/h6-9,12-13,17H,5,10-11H2,1-4H3. The van der Waals surface area contributed by atoms with Crippen LogP contribution in [0.25, 0.3) is 10.9 Å². The third kappa shape index (κ3) is 2.98. The quantitative estimate of drug-likeness (QED) is 0.864. The molecular weight excluding hydrogens is 234 g/mol. The molecule has 1 heterocycles. The van der Waals surface area contributed by atoms with Gasteiger partial charge in [-0.05, 0) is 44.8 Å². The highest BCUT2D eigenvalue weighted by molar-refractivity contribution is 5.81. The summed E-state index contributed by atoms with van der Waals surface area (Å²) in [6.45, 7) is 8.71. The fourth-order valence-electron chi connectivity index (χ4n) is 2.64. The Balaban J connectivity index is 2.34. The fraction of sp³-hybridized carbons (Fsp3) is 0.562. The van der Waals surface area contributed by atoms with Gasteiger partial charge < -0.3 is 5.32 Å². The van der Waals surface area contributed by atoms with Crippen LogP contribution in [0.4, 0.5) is 0 Å². The predicted molar refractivity (Wildman–Crippen MR) is 81.4 cm³/mol. The van der Waals surface area contributed by atoms with E-state index in [1.54, 1.807) is 0 Å². The second-order valence-corrected chi connectivity index (χ2v) is 5.55. The molecule has 0 amide bonds. The first-order chi connectivity index (χ1) is 9.17. The molecule has 1 unspecified atom stereocenters. The fourth-order valence-corrected chi connectivity index (χ4v) is 2.64. The van der Waals surface area contributed by atoms with E-state index in [-0.39, 0.29) is 0 Å². The Labute approximate surface area is 116 Å². The first kappa shape index (κ1) is 14.1. The molecule has 0 aliphatic rings. The minimum Gasteiger partial charge on any atom is -0.319 e. The third-order valence-electron chi connectivity index (χ3n) is 3.90. The van der Waals surface area contributed by atoms with Crippen LogP contribution in [0.1, 0.15) is 26.5 Å². The van der Waals surface area contributed by atoms with Crippen molar-refractivity contribution in [3.63, 3.8) is 0 Å². The highest BCUT2D eigenvalue weighted by Gasteiger charge is 2.17. The van der Waals surface area contributed by atoms with Crippen molar-refractivity contribution in [3.05, 3.63) is 30.0 Å². The molecule has 0 saturated heterocycles. The molecule has 0 saturated carbocycles. The average Bonchev–Trinajstić information content (AvgIpc) is 2.76. The summed E-state index contributed by atoms with van der Waals surface area (Å²) in [4.78, 5) is 0. The first-order valence-electron chi connectivity index (χ1n) is 7.26. The minimum atomic E-state index is 0.633. The first-order valence-corrected chi connectivity index (χ1v) is 7.26. The zero-order valence-corrected chi connectivity index (χ0v) is 12.5. The van der Waals surface area contributed by atoms with Crippen LogP contribution in [-0.4, -0.2) is 23.4 Å². The Bertz CT molecular complexity index is 528. The van der Waals surface area contributed by atoms with Crippen molar-refractivity contribution in [2.24, 2.45) is 11.8 Å². The van der Waals surface area contributed by atoms with Gasteiger partial charge in [-0.3, -0.25) is 4.68 Å². The molecule has 2 aromatic rings. The van der Waals surface area contributed by atoms with Gasteiger partial charge in [0.05, 0.1) is 11.2 Å². The molecule has 3 heteroatoms. The van der Waals surface area contributed by atoms with E-state index in [1.165, 1.54) is 16.6 Å². The van der Waals surface area contributed by atoms with E-state index in [0.29, 0.717) is 11.8 Å². The smallest absolute Gasteiger partial charge is 0.0706 e. The van der Waals surface area contributed by atoms with E-state index in [9.17, 15) is 0 Å². The van der Waals surface area contributed by atoms with Crippen LogP contribution < -0.4 is 5.32 Å². The van der Waals surface area contributed by atoms with E-state index in [1.807, 2.05) is 7.05 Å². The van der Waals surface area contributed by atoms with Crippen molar-refractivity contribution < 1.29 is 0 Å². The molecule has 0 aliphatic carbocycles. The normalized spacial score (nSPS) is 13.3. The van der Waals surface area contributed by atoms with E-state index in [2.05, 4.69) is 55.0 Å². The van der Waals surface area contributed by atoms with Crippen molar-refractivity contribution in [2.45, 2.75) is 33.7 Å². The molecule has 1 N–H and O–H groups in total. The van der Waals surface area contributed by atoms with Crippen LogP contribution in [0.3, 0.4) is 0 Å². The number of para-hydroxylation sites is 1. The van der Waals surface area contributed by atoms with E-state index < -0.39 is 0 Å². The van der Waals surface area contributed by atoms with Gasteiger partial charge in [0.25, 0.3) is 0 Å². The molecule has 1 atom stereocenters. The topological polar surface area (TPSA) is 29.9 Å². The van der Waals surface area contributed by atoms with Crippen LogP contribution in [0.2, 0.25) is 0 Å². The number of nitrogens with one attached hydrogen (secondary N) is 1. The lowest BCUT2D eigenvalue weighted by molar-refractivity contribution is 0.367. The summed E-state index contributed by atoms with van der Waals surface area (Å²) in [6, 6.07) is 8.56. The molecule has 0 fully saturated rings. The zero-order chi connectivity index (χ0) is 13.8. The van der Waals surface area contributed by atoms with Gasteiger partial charge in [-0.1, -0.05) is 32.0 Å². The largest absolute Gasteiger partial charge is 0.319 e. The molecule has 0 bridgehead atoms. The van der Waals surface area contributed by atoms with Gasteiger partial charge >= 0.3 is 0 Å². The number of rotatable bonds is 6. The molecule has 0 radical (unpaired) electrons. The summed E-state index contributed by atoms with van der Waals surface area (Å²) in [7, 11) is 2.03. The van der Waals surface area contributed by atoms with Gasteiger partial charge in [0.15, 0.2) is 0 Å². The lowest BCUT2D eigenvalue weighted by Gasteiger charge is -2.19. The van der Waals surface area contributed by atoms with Crippen molar-refractivity contribution in [3.8, 4) is 0 Å². The number of aryl methyl sites for hydroxylation is 1. The van der Waals surface area contributed by atoms with E-state index >= 15 is 0 Å². The van der Waals surface area contributed by atoms with E-state index in [0.717, 1.165) is 19.5 Å². The second-order valence-electron chi connectivity index (χ2n) is 5.55. The van der Waals surface area contributed by atoms with Gasteiger partial charge in [0.1, 0.15) is 0 Å². The average molecular weight is 259 g/mol. The van der Waals surface area contributed by atoms with Gasteiger partial charge in [0.2, 0.25) is 0 Å². The number of hydrogen-bond donors (Lipinski definition) is 1. The molecule has 3 nitrogen and oxygen atoms in total. The number of nitrogens with zero attached hydrogens (tertiary/aromatic N) is 2. The van der Waals surface area contributed by atoms with Crippen LogP contribution >= 0.6 is 0 Å². The predicted octanol–water partition coefficient (Wildman–Crippen LogP) is 3.09. The Morgan fingerprint density at radius 1 is 1.26 bits per heavy atom. The van der Waals surface area contributed by atoms with Gasteiger partial charge in [-0.15, -0.1) is 0 Å². The van der Waals surface area contributed by atoms with Crippen molar-refractivity contribution in [2.75, 3.05) is 13.6 Å². The lowest BCUT2D eigenvalue weighted by atomic mass is 9.90. The molecule has 104 valence electrons. The van der Waals surface area contributed by atoms with Gasteiger partial charge in [-0.25, -0.2) is 0 Å². The maximum absolute atomic E-state index is 4.80. The van der Waals surface area contributed by atoms with Crippen LogP contribution in [0, 0.1) is 11.8 Å². The maximum Gasteiger partial charge on any atom is 0.0706 e. The van der Waals surface area contributed by atoms with Crippen molar-refractivity contribution in [1.82, 2.24) is 15.1 Å². The highest BCUT2D eigenvalue weighted by atomic mass is 15.3. The summed E-state index contributed by atoms with van der Waals surface area (Å²) in [6.07, 6.45) is 1.05. The Hall–Kier alpha value is -1.35. The molecular formula is C16H25N3. The van der Waals surface area contributed by atoms with Crippen molar-refractivity contribution >= 4 is 10.9 Å². The second kappa shape index (κ2) is 6.20. The number of aromatic nitrogens is 2. The van der Waals surface area contributed by atoms with Crippen LogP contribution in [0.5, 0.6) is 0 Å². The SMILES string of the molecule is CCn1nc(CC(CNC)C(C)C)c2ccccc21. The summed E-state index contributed by atoms with van der Waals surface area (Å²) >= 11 is 0. The van der Waals surface area contributed by atoms with E-state index in [4.69, 9.17) is 5.10 Å². The summed E-state index contributed by atoms with van der Waals surface area (Å²) in [5.74, 6) is 1.30. The molecule has 1 aromatic heterocycles. The highest BCUT2D eigenvalue weighted by Crippen LogP contribution is 2.23. The molecule has 0 spiro atoms. The Morgan fingerprint density at radius 3 is 2.63 bits per heavy atom. The third-order valence-corrected chi connectivity index (χ3v) is 3.90. The minimum absolute atomic E-state index is 0.633. The zero-order valence-electron chi connectivity index (χ0n) is 12.5. The monoisotopic (exact) mass is 259 g/mol. The van der Waals surface area contributed by atoms with Crippen LogP contribution in [-0.2, 0) is 13.0 Å². The lowest BCUT2D eigenvalue weighted by Crippen LogP contribution is -2.25. The molecule has 19 heavy (non-hydrogen) atoms. The summed E-state index contributed by atoms with van der Waals surface area (Å²) in [5, 5.41) is 9.42. The maximum atomic E-state index is 4.80.